The molecule has 1 aromatic heterocycles. The van der Waals surface area contributed by atoms with Crippen LogP contribution in [0.2, 0.25) is 0 Å². The number of carboxylic acid groups (broad SMARTS) is 1. The average molecular weight is 253 g/mol. The highest BCUT2D eigenvalue weighted by molar-refractivity contribution is 5.94. The van der Waals surface area contributed by atoms with E-state index < -0.39 is 5.97 Å². The van der Waals surface area contributed by atoms with Crippen molar-refractivity contribution in [1.82, 2.24) is 15.1 Å². The first-order chi connectivity index (χ1) is 8.50. The molecule has 0 aliphatic heterocycles. The van der Waals surface area contributed by atoms with E-state index in [4.69, 9.17) is 5.11 Å². The molecule has 1 aromatic rings. The van der Waals surface area contributed by atoms with Crippen LogP contribution in [0.25, 0.3) is 0 Å². The molecular weight excluding hydrogens is 234 g/mol. The van der Waals surface area contributed by atoms with E-state index in [-0.39, 0.29) is 12.3 Å². The molecule has 0 radical (unpaired) electrons. The Labute approximate surface area is 106 Å². The van der Waals surface area contributed by atoms with Crippen molar-refractivity contribution in [2.24, 2.45) is 7.05 Å². The maximum absolute atomic E-state index is 11.8. The van der Waals surface area contributed by atoms with Crippen molar-refractivity contribution in [3.05, 3.63) is 17.5 Å². The lowest BCUT2D eigenvalue weighted by atomic mass is 10.2. The number of hydrogen-bond acceptors (Lipinski definition) is 3. The van der Waals surface area contributed by atoms with E-state index in [9.17, 15) is 9.59 Å². The Bertz CT molecular complexity index is 426. The Morgan fingerprint density at radius 1 is 1.39 bits per heavy atom. The molecule has 2 N–H and O–H groups in total. The van der Waals surface area contributed by atoms with Gasteiger partial charge in [-0.1, -0.05) is 6.42 Å². The molecule has 1 amide bonds. The van der Waals surface area contributed by atoms with E-state index >= 15 is 0 Å². The van der Waals surface area contributed by atoms with Gasteiger partial charge in [0.15, 0.2) is 0 Å². The fraction of sp³-hybridized carbons (Fsp3) is 0.583. The highest BCUT2D eigenvalue weighted by Gasteiger charge is 2.11. The standard InChI is InChI=1S/C12H19N3O3/c1-9-10(8-15(2)14-9)12(18)13-7-5-3-4-6-11(16)17/h8H,3-7H2,1-2H3,(H,13,18)(H,16,17). The Morgan fingerprint density at radius 2 is 2.11 bits per heavy atom. The molecule has 100 valence electrons. The van der Waals surface area contributed by atoms with Gasteiger partial charge in [0.2, 0.25) is 0 Å². The molecule has 0 atom stereocenters. The van der Waals surface area contributed by atoms with Crippen molar-refractivity contribution in [3.8, 4) is 0 Å². The highest BCUT2D eigenvalue weighted by atomic mass is 16.4. The number of nitrogens with one attached hydrogen (secondary N) is 1. The maximum Gasteiger partial charge on any atom is 0.303 e. The van der Waals surface area contributed by atoms with Crippen LogP contribution in [0.5, 0.6) is 0 Å². The summed E-state index contributed by atoms with van der Waals surface area (Å²) < 4.78 is 1.61. The van der Waals surface area contributed by atoms with E-state index in [1.165, 1.54) is 0 Å². The predicted molar refractivity (Wildman–Crippen MR) is 66.4 cm³/mol. The zero-order valence-corrected chi connectivity index (χ0v) is 10.8. The summed E-state index contributed by atoms with van der Waals surface area (Å²) in [5.41, 5.74) is 1.30. The van der Waals surface area contributed by atoms with Gasteiger partial charge in [-0.25, -0.2) is 0 Å². The van der Waals surface area contributed by atoms with Gasteiger partial charge >= 0.3 is 5.97 Å². The molecule has 0 aliphatic rings. The van der Waals surface area contributed by atoms with E-state index in [0.29, 0.717) is 24.2 Å². The first kappa shape index (κ1) is 14.2. The van der Waals surface area contributed by atoms with E-state index in [2.05, 4.69) is 10.4 Å². The molecular formula is C12H19N3O3. The summed E-state index contributed by atoms with van der Waals surface area (Å²) in [4.78, 5) is 22.0. The van der Waals surface area contributed by atoms with Crippen molar-refractivity contribution < 1.29 is 14.7 Å². The number of aliphatic carboxylic acids is 1. The lowest BCUT2D eigenvalue weighted by Crippen LogP contribution is -2.24. The van der Waals surface area contributed by atoms with Crippen molar-refractivity contribution in [1.29, 1.82) is 0 Å². The third-order valence-electron chi connectivity index (χ3n) is 2.61. The fourth-order valence-corrected chi connectivity index (χ4v) is 1.70. The number of aryl methyl sites for hydroxylation is 2. The lowest BCUT2D eigenvalue weighted by molar-refractivity contribution is -0.137. The lowest BCUT2D eigenvalue weighted by Gasteiger charge is -2.03. The van der Waals surface area contributed by atoms with Crippen LogP contribution in [0, 0.1) is 6.92 Å². The summed E-state index contributed by atoms with van der Waals surface area (Å²) in [5, 5.41) is 15.4. The number of rotatable bonds is 7. The van der Waals surface area contributed by atoms with Crippen LogP contribution >= 0.6 is 0 Å². The van der Waals surface area contributed by atoms with Gasteiger partial charge in [-0.05, 0) is 19.8 Å². The van der Waals surface area contributed by atoms with Crippen LogP contribution in [0.4, 0.5) is 0 Å². The van der Waals surface area contributed by atoms with Crippen molar-refractivity contribution in [2.45, 2.75) is 32.6 Å². The van der Waals surface area contributed by atoms with Crippen LogP contribution in [-0.2, 0) is 11.8 Å². The van der Waals surface area contributed by atoms with Gasteiger partial charge in [0.1, 0.15) is 0 Å². The van der Waals surface area contributed by atoms with Crippen LogP contribution in [-0.4, -0.2) is 33.3 Å². The second-order valence-electron chi connectivity index (χ2n) is 4.26. The van der Waals surface area contributed by atoms with Crippen LogP contribution < -0.4 is 5.32 Å². The van der Waals surface area contributed by atoms with Gasteiger partial charge in [-0.2, -0.15) is 5.10 Å². The predicted octanol–water partition coefficient (Wildman–Crippen LogP) is 1.10. The smallest absolute Gasteiger partial charge is 0.303 e. The Kier molecular flexibility index (Phi) is 5.35. The summed E-state index contributed by atoms with van der Waals surface area (Å²) in [6.45, 7) is 2.36. The normalized spacial score (nSPS) is 10.3. The number of amides is 1. The monoisotopic (exact) mass is 253 g/mol. The molecule has 0 aromatic carbocycles. The van der Waals surface area contributed by atoms with E-state index in [1.54, 1.807) is 24.9 Å². The summed E-state index contributed by atoms with van der Waals surface area (Å²) >= 11 is 0. The second kappa shape index (κ2) is 6.78. The van der Waals surface area contributed by atoms with E-state index in [0.717, 1.165) is 12.8 Å². The largest absolute Gasteiger partial charge is 0.481 e. The minimum atomic E-state index is -0.773. The Balaban J connectivity index is 2.22. The first-order valence-electron chi connectivity index (χ1n) is 6.01. The molecule has 1 heterocycles. The quantitative estimate of drug-likeness (QED) is 0.713. The number of carbonyl (C=O) groups is 2. The molecule has 0 aliphatic carbocycles. The van der Waals surface area contributed by atoms with Crippen LogP contribution in [0.15, 0.2) is 6.20 Å². The number of nitrogens with zero attached hydrogens (tertiary/aromatic N) is 2. The molecule has 0 saturated carbocycles. The summed E-state index contributed by atoms with van der Waals surface area (Å²) in [6, 6.07) is 0. The molecule has 6 heteroatoms. The van der Waals surface area contributed by atoms with Gasteiger partial charge in [0, 0.05) is 26.2 Å². The van der Waals surface area contributed by atoms with Crippen LogP contribution in [0.3, 0.4) is 0 Å². The van der Waals surface area contributed by atoms with Crippen LogP contribution in [0.1, 0.15) is 41.7 Å². The SMILES string of the molecule is Cc1nn(C)cc1C(=O)NCCCCCC(=O)O. The Morgan fingerprint density at radius 3 is 2.67 bits per heavy atom. The average Bonchev–Trinajstić information content (AvgIpc) is 2.62. The molecule has 18 heavy (non-hydrogen) atoms. The second-order valence-corrected chi connectivity index (χ2v) is 4.26. The molecule has 1 rings (SSSR count). The number of hydrogen-bond donors (Lipinski definition) is 2. The van der Waals surface area contributed by atoms with Gasteiger partial charge in [0.25, 0.3) is 5.91 Å². The zero-order chi connectivity index (χ0) is 13.5. The van der Waals surface area contributed by atoms with Gasteiger partial charge < -0.3 is 10.4 Å². The topological polar surface area (TPSA) is 84.2 Å². The first-order valence-corrected chi connectivity index (χ1v) is 6.01. The molecule has 0 unspecified atom stereocenters. The highest BCUT2D eigenvalue weighted by Crippen LogP contribution is 2.04. The minimum Gasteiger partial charge on any atom is -0.481 e. The molecule has 0 spiro atoms. The minimum absolute atomic E-state index is 0.126. The van der Waals surface area contributed by atoms with Gasteiger partial charge in [-0.3, -0.25) is 14.3 Å². The summed E-state index contributed by atoms with van der Waals surface area (Å²) in [5.74, 6) is -0.899. The number of carbonyl (C=O) groups excluding carboxylic acids is 1. The van der Waals surface area contributed by atoms with Gasteiger partial charge in [-0.15, -0.1) is 0 Å². The van der Waals surface area contributed by atoms with E-state index in [1.807, 2.05) is 0 Å². The van der Waals surface area contributed by atoms with Crippen molar-refractivity contribution in [2.75, 3.05) is 6.54 Å². The number of carboxylic acids is 1. The zero-order valence-electron chi connectivity index (χ0n) is 10.8. The Hall–Kier alpha value is -1.85. The van der Waals surface area contributed by atoms with Crippen molar-refractivity contribution in [3.63, 3.8) is 0 Å². The molecule has 0 bridgehead atoms. The fourth-order valence-electron chi connectivity index (χ4n) is 1.70. The maximum atomic E-state index is 11.8. The molecule has 0 saturated heterocycles. The summed E-state index contributed by atoms with van der Waals surface area (Å²) in [6.07, 6.45) is 4.12. The number of unbranched alkanes of at least 4 members (excludes halogenated alkanes) is 2. The van der Waals surface area contributed by atoms with Crippen molar-refractivity contribution >= 4 is 11.9 Å². The molecule has 0 fully saturated rings. The van der Waals surface area contributed by atoms with Gasteiger partial charge in [0.05, 0.1) is 11.3 Å². The summed E-state index contributed by atoms with van der Waals surface area (Å²) in [7, 11) is 1.77. The third-order valence-corrected chi connectivity index (χ3v) is 2.61. The third kappa shape index (κ3) is 4.57. The number of aromatic nitrogens is 2. The molecule has 6 nitrogen and oxygen atoms in total.